The Hall–Kier alpha value is 0.500. The van der Waals surface area contributed by atoms with E-state index in [0.29, 0.717) is 6.54 Å². The zero-order valence-corrected chi connectivity index (χ0v) is 13.3. The smallest absolute Gasteiger partial charge is 0.0843 e. The maximum absolute atomic E-state index is 5.84. The second-order valence-electron chi connectivity index (χ2n) is 3.79. The van der Waals surface area contributed by atoms with E-state index in [-0.39, 0.29) is 6.04 Å². The van der Waals surface area contributed by atoms with Gasteiger partial charge in [0.05, 0.1) is 23.0 Å². The summed E-state index contributed by atoms with van der Waals surface area (Å²) in [4.78, 5) is 1.23. The number of morpholine rings is 1. The molecule has 0 radical (unpaired) electrons. The van der Waals surface area contributed by atoms with Crippen molar-refractivity contribution in [2.45, 2.75) is 6.04 Å². The van der Waals surface area contributed by atoms with Gasteiger partial charge in [0.15, 0.2) is 0 Å². The lowest BCUT2D eigenvalue weighted by molar-refractivity contribution is 0.00433. The third-order valence-corrected chi connectivity index (χ3v) is 5.96. The summed E-state index contributed by atoms with van der Waals surface area (Å²) in [5.41, 5.74) is 9.30. The van der Waals surface area contributed by atoms with Gasteiger partial charge in [0.1, 0.15) is 0 Å². The summed E-state index contributed by atoms with van der Waals surface area (Å²) >= 11 is 8.71. The van der Waals surface area contributed by atoms with Crippen molar-refractivity contribution in [3.05, 3.63) is 19.2 Å². The number of hydrogen-bond donors (Lipinski definition) is 2. The molecule has 0 spiro atoms. The molecule has 1 aromatic heterocycles. The van der Waals surface area contributed by atoms with Crippen LogP contribution >= 0.6 is 43.2 Å². The molecule has 1 fully saturated rings. The van der Waals surface area contributed by atoms with Gasteiger partial charge in [0, 0.05) is 29.0 Å². The number of halogens is 2. The number of hydrazine groups is 1. The summed E-state index contributed by atoms with van der Waals surface area (Å²) in [7, 11) is 0. The topological polar surface area (TPSA) is 50.5 Å². The van der Waals surface area contributed by atoms with Crippen LogP contribution in [0.25, 0.3) is 0 Å². The average molecular weight is 385 g/mol. The van der Waals surface area contributed by atoms with Crippen LogP contribution in [0.15, 0.2) is 14.3 Å². The SMILES string of the molecule is NCC(NN1CCOCC1)c1cc(Br)c(Br)s1. The van der Waals surface area contributed by atoms with Crippen LogP contribution in [0.5, 0.6) is 0 Å². The van der Waals surface area contributed by atoms with Crippen LogP contribution in [-0.4, -0.2) is 37.9 Å². The number of ether oxygens (including phenoxy) is 1. The zero-order valence-electron chi connectivity index (χ0n) is 9.29. The normalized spacial score (nSPS) is 19.5. The predicted molar refractivity (Wildman–Crippen MR) is 77.0 cm³/mol. The first-order valence-corrected chi connectivity index (χ1v) is 7.84. The average Bonchev–Trinajstić information content (AvgIpc) is 2.68. The molecular weight excluding hydrogens is 370 g/mol. The molecule has 0 saturated carbocycles. The van der Waals surface area contributed by atoms with Crippen molar-refractivity contribution in [3.63, 3.8) is 0 Å². The quantitative estimate of drug-likeness (QED) is 0.834. The summed E-state index contributed by atoms with van der Waals surface area (Å²) < 4.78 is 7.51. The van der Waals surface area contributed by atoms with Gasteiger partial charge in [-0.25, -0.2) is 10.4 Å². The Kier molecular flexibility index (Phi) is 5.41. The fourth-order valence-corrected chi connectivity index (χ4v) is 3.83. The summed E-state index contributed by atoms with van der Waals surface area (Å²) in [6, 6.07) is 2.28. The third kappa shape index (κ3) is 3.73. The Balaban J connectivity index is 2.00. The summed E-state index contributed by atoms with van der Waals surface area (Å²) in [6.45, 7) is 3.95. The van der Waals surface area contributed by atoms with Gasteiger partial charge in [-0.3, -0.25) is 0 Å². The van der Waals surface area contributed by atoms with Crippen molar-refractivity contribution < 1.29 is 4.74 Å². The Morgan fingerprint density at radius 2 is 2.18 bits per heavy atom. The molecule has 1 aromatic rings. The highest BCUT2D eigenvalue weighted by molar-refractivity contribution is 9.13. The standard InChI is InChI=1S/C10H15Br2N3OS/c11-7-5-9(17-10(7)12)8(6-13)14-15-1-3-16-4-2-15/h5,8,14H,1-4,6,13H2. The fraction of sp³-hybridized carbons (Fsp3) is 0.600. The van der Waals surface area contributed by atoms with Gasteiger partial charge in [0.25, 0.3) is 0 Å². The largest absolute Gasteiger partial charge is 0.379 e. The molecule has 17 heavy (non-hydrogen) atoms. The van der Waals surface area contributed by atoms with Gasteiger partial charge >= 0.3 is 0 Å². The highest BCUT2D eigenvalue weighted by atomic mass is 79.9. The summed E-state index contributed by atoms with van der Waals surface area (Å²) in [6.07, 6.45) is 0. The van der Waals surface area contributed by atoms with E-state index in [0.717, 1.165) is 34.6 Å². The Bertz CT molecular complexity index is 349. The first-order chi connectivity index (χ1) is 8.20. The van der Waals surface area contributed by atoms with E-state index in [9.17, 15) is 0 Å². The van der Waals surface area contributed by atoms with Crippen LogP contribution in [0.3, 0.4) is 0 Å². The Morgan fingerprint density at radius 3 is 2.71 bits per heavy atom. The number of nitrogens with zero attached hydrogens (tertiary/aromatic N) is 1. The number of rotatable bonds is 4. The van der Waals surface area contributed by atoms with E-state index in [2.05, 4.69) is 48.4 Å². The monoisotopic (exact) mass is 383 g/mol. The maximum Gasteiger partial charge on any atom is 0.0843 e. The molecule has 1 aliphatic rings. The van der Waals surface area contributed by atoms with Crippen molar-refractivity contribution >= 4 is 43.2 Å². The molecule has 0 amide bonds. The van der Waals surface area contributed by atoms with Gasteiger partial charge in [-0.2, -0.15) is 0 Å². The molecule has 7 heteroatoms. The molecule has 0 aliphatic carbocycles. The van der Waals surface area contributed by atoms with Gasteiger partial charge in [-0.15, -0.1) is 11.3 Å². The Labute approximate surface area is 122 Å². The lowest BCUT2D eigenvalue weighted by Gasteiger charge is -2.30. The molecular formula is C10H15Br2N3OS. The molecule has 4 nitrogen and oxygen atoms in total. The van der Waals surface area contributed by atoms with Crippen molar-refractivity contribution in [1.29, 1.82) is 0 Å². The van der Waals surface area contributed by atoms with E-state index in [1.54, 1.807) is 11.3 Å². The lowest BCUT2D eigenvalue weighted by Crippen LogP contribution is -2.48. The third-order valence-electron chi connectivity index (χ3n) is 2.59. The van der Waals surface area contributed by atoms with Crippen LogP contribution in [0.2, 0.25) is 0 Å². The van der Waals surface area contributed by atoms with Crippen LogP contribution in [0.4, 0.5) is 0 Å². The summed E-state index contributed by atoms with van der Waals surface area (Å²) in [5, 5.41) is 2.18. The van der Waals surface area contributed by atoms with Crippen LogP contribution in [0, 0.1) is 0 Å². The molecule has 1 unspecified atom stereocenters. The number of nitrogens with two attached hydrogens (primary N) is 1. The molecule has 96 valence electrons. The number of thiophene rings is 1. The van der Waals surface area contributed by atoms with Gasteiger partial charge in [-0.05, 0) is 37.9 Å². The molecule has 2 heterocycles. The molecule has 1 saturated heterocycles. The molecule has 1 aliphatic heterocycles. The molecule has 0 aromatic carbocycles. The van der Waals surface area contributed by atoms with E-state index in [4.69, 9.17) is 10.5 Å². The van der Waals surface area contributed by atoms with Gasteiger partial charge in [0.2, 0.25) is 0 Å². The number of hydrogen-bond acceptors (Lipinski definition) is 5. The highest BCUT2D eigenvalue weighted by Crippen LogP contribution is 2.35. The Morgan fingerprint density at radius 1 is 1.47 bits per heavy atom. The van der Waals surface area contributed by atoms with E-state index < -0.39 is 0 Å². The van der Waals surface area contributed by atoms with E-state index in [1.165, 1.54) is 4.88 Å². The minimum absolute atomic E-state index is 0.167. The van der Waals surface area contributed by atoms with Crippen molar-refractivity contribution in [3.8, 4) is 0 Å². The van der Waals surface area contributed by atoms with Crippen LogP contribution in [-0.2, 0) is 4.74 Å². The van der Waals surface area contributed by atoms with Gasteiger partial charge < -0.3 is 10.5 Å². The second kappa shape index (κ2) is 6.60. The second-order valence-corrected chi connectivity index (χ2v) is 7.04. The lowest BCUT2D eigenvalue weighted by atomic mass is 10.2. The number of nitrogens with one attached hydrogen (secondary N) is 1. The van der Waals surface area contributed by atoms with Crippen molar-refractivity contribution in [1.82, 2.24) is 10.4 Å². The first-order valence-electron chi connectivity index (χ1n) is 5.44. The molecule has 0 bridgehead atoms. The van der Waals surface area contributed by atoms with E-state index >= 15 is 0 Å². The minimum atomic E-state index is 0.167. The maximum atomic E-state index is 5.84. The van der Waals surface area contributed by atoms with Crippen LogP contribution < -0.4 is 11.2 Å². The molecule has 2 rings (SSSR count). The van der Waals surface area contributed by atoms with Crippen molar-refractivity contribution in [2.24, 2.45) is 5.73 Å². The molecule has 3 N–H and O–H groups in total. The highest BCUT2D eigenvalue weighted by Gasteiger charge is 2.18. The van der Waals surface area contributed by atoms with Gasteiger partial charge in [-0.1, -0.05) is 0 Å². The molecule has 1 atom stereocenters. The fourth-order valence-electron chi connectivity index (χ4n) is 1.68. The zero-order chi connectivity index (χ0) is 12.3. The first kappa shape index (κ1) is 13.9. The van der Waals surface area contributed by atoms with Crippen LogP contribution in [0.1, 0.15) is 10.9 Å². The predicted octanol–water partition coefficient (Wildman–Crippen LogP) is 2.11. The summed E-state index contributed by atoms with van der Waals surface area (Å²) in [5.74, 6) is 0. The van der Waals surface area contributed by atoms with E-state index in [1.807, 2.05) is 0 Å². The van der Waals surface area contributed by atoms with Crippen molar-refractivity contribution in [2.75, 3.05) is 32.8 Å². The minimum Gasteiger partial charge on any atom is -0.379 e.